The van der Waals surface area contributed by atoms with E-state index in [4.69, 9.17) is 0 Å². The number of rotatable bonds is 2. The smallest absolute Gasteiger partial charge is 0.241 e. The standard InChI is InChI=1S/C12H15BrN2O.ClH/c1-8-7-9(13)4-5-10(8)15-12(16)11-3-2-6-14-11;/h4-5,7,11,14H,2-3,6H2,1H3,(H,15,16);1H. The second-order valence-electron chi connectivity index (χ2n) is 4.10. The SMILES string of the molecule is Cc1cc(Br)ccc1NC(=O)C1CCCN1.Cl. The van der Waals surface area contributed by atoms with Gasteiger partial charge in [-0.2, -0.15) is 0 Å². The van der Waals surface area contributed by atoms with Gasteiger partial charge in [-0.1, -0.05) is 15.9 Å². The van der Waals surface area contributed by atoms with Gasteiger partial charge in [0.1, 0.15) is 0 Å². The average molecular weight is 320 g/mol. The molecule has 1 fully saturated rings. The van der Waals surface area contributed by atoms with Crippen LogP contribution in [0.5, 0.6) is 0 Å². The second-order valence-corrected chi connectivity index (χ2v) is 5.01. The first-order chi connectivity index (χ1) is 7.66. The zero-order valence-corrected chi connectivity index (χ0v) is 12.0. The Morgan fingerprint density at radius 1 is 1.53 bits per heavy atom. The van der Waals surface area contributed by atoms with Crippen molar-refractivity contribution in [2.75, 3.05) is 11.9 Å². The third kappa shape index (κ3) is 3.69. The Morgan fingerprint density at radius 2 is 2.29 bits per heavy atom. The highest BCUT2D eigenvalue weighted by Crippen LogP contribution is 2.20. The van der Waals surface area contributed by atoms with Gasteiger partial charge in [0.2, 0.25) is 5.91 Å². The number of nitrogens with one attached hydrogen (secondary N) is 2. The minimum atomic E-state index is -0.0250. The molecule has 2 N–H and O–H groups in total. The van der Waals surface area contributed by atoms with Crippen LogP contribution in [0.15, 0.2) is 22.7 Å². The summed E-state index contributed by atoms with van der Waals surface area (Å²) < 4.78 is 1.03. The summed E-state index contributed by atoms with van der Waals surface area (Å²) in [7, 11) is 0. The lowest BCUT2D eigenvalue weighted by atomic mass is 10.1. The molecule has 1 aliphatic rings. The predicted octanol–water partition coefficient (Wildman–Crippen LogP) is 2.87. The van der Waals surface area contributed by atoms with Crippen molar-refractivity contribution in [3.8, 4) is 0 Å². The Kier molecular flexibility index (Phi) is 5.43. The molecule has 17 heavy (non-hydrogen) atoms. The van der Waals surface area contributed by atoms with Crippen molar-refractivity contribution in [1.29, 1.82) is 0 Å². The van der Waals surface area contributed by atoms with Crippen LogP contribution in [0.25, 0.3) is 0 Å². The number of hydrogen-bond donors (Lipinski definition) is 2. The first-order valence-corrected chi connectivity index (χ1v) is 6.26. The minimum Gasteiger partial charge on any atom is -0.324 e. The topological polar surface area (TPSA) is 41.1 Å². The molecule has 1 amide bonds. The van der Waals surface area contributed by atoms with Gasteiger partial charge in [0.05, 0.1) is 6.04 Å². The van der Waals surface area contributed by atoms with Crippen molar-refractivity contribution in [3.63, 3.8) is 0 Å². The van der Waals surface area contributed by atoms with Crippen molar-refractivity contribution in [2.24, 2.45) is 0 Å². The van der Waals surface area contributed by atoms with Crippen LogP contribution >= 0.6 is 28.3 Å². The van der Waals surface area contributed by atoms with E-state index in [0.717, 1.165) is 35.1 Å². The van der Waals surface area contributed by atoms with E-state index < -0.39 is 0 Å². The molecule has 94 valence electrons. The van der Waals surface area contributed by atoms with Gasteiger partial charge in [-0.15, -0.1) is 12.4 Å². The van der Waals surface area contributed by atoms with Crippen LogP contribution in [0.3, 0.4) is 0 Å². The minimum absolute atomic E-state index is 0. The third-order valence-electron chi connectivity index (χ3n) is 2.82. The number of carbonyl (C=O) groups excluding carboxylic acids is 1. The predicted molar refractivity (Wildman–Crippen MR) is 75.8 cm³/mol. The summed E-state index contributed by atoms with van der Waals surface area (Å²) in [6, 6.07) is 5.83. The van der Waals surface area contributed by atoms with Gasteiger partial charge in [0.25, 0.3) is 0 Å². The molecule has 1 unspecified atom stereocenters. The van der Waals surface area contributed by atoms with Crippen LogP contribution in [0, 0.1) is 6.92 Å². The molecular weight excluding hydrogens is 304 g/mol. The lowest BCUT2D eigenvalue weighted by molar-refractivity contribution is -0.117. The molecule has 1 atom stereocenters. The fourth-order valence-electron chi connectivity index (χ4n) is 1.90. The summed E-state index contributed by atoms with van der Waals surface area (Å²) in [5.74, 6) is 0.0722. The summed E-state index contributed by atoms with van der Waals surface area (Å²) in [4.78, 5) is 11.9. The maximum absolute atomic E-state index is 11.9. The molecular formula is C12H16BrClN2O. The van der Waals surface area contributed by atoms with Gasteiger partial charge in [-0.05, 0) is 50.1 Å². The lowest BCUT2D eigenvalue weighted by Crippen LogP contribution is -2.35. The molecule has 2 rings (SSSR count). The van der Waals surface area contributed by atoms with Crippen LogP contribution in [-0.2, 0) is 4.79 Å². The molecule has 1 aromatic rings. The van der Waals surface area contributed by atoms with E-state index in [1.807, 2.05) is 25.1 Å². The summed E-state index contributed by atoms with van der Waals surface area (Å²) in [5.41, 5.74) is 1.96. The fraction of sp³-hybridized carbons (Fsp3) is 0.417. The van der Waals surface area contributed by atoms with Crippen molar-refractivity contribution >= 4 is 39.9 Å². The second kappa shape index (κ2) is 6.38. The van der Waals surface area contributed by atoms with Crippen LogP contribution in [0.1, 0.15) is 18.4 Å². The molecule has 0 radical (unpaired) electrons. The lowest BCUT2D eigenvalue weighted by Gasteiger charge is -2.13. The number of benzene rings is 1. The fourth-order valence-corrected chi connectivity index (χ4v) is 2.37. The molecule has 0 bridgehead atoms. The highest BCUT2D eigenvalue weighted by molar-refractivity contribution is 9.10. The normalized spacial score (nSPS) is 18.6. The molecule has 0 spiro atoms. The zero-order valence-electron chi connectivity index (χ0n) is 9.63. The number of amides is 1. The molecule has 0 aliphatic carbocycles. The first-order valence-electron chi connectivity index (χ1n) is 5.47. The third-order valence-corrected chi connectivity index (χ3v) is 3.32. The Bertz CT molecular complexity index is 405. The van der Waals surface area contributed by atoms with E-state index >= 15 is 0 Å². The largest absolute Gasteiger partial charge is 0.324 e. The van der Waals surface area contributed by atoms with E-state index in [2.05, 4.69) is 26.6 Å². The van der Waals surface area contributed by atoms with Gasteiger partial charge in [-0.3, -0.25) is 4.79 Å². The molecule has 1 heterocycles. The number of hydrogen-bond acceptors (Lipinski definition) is 2. The molecule has 1 saturated heterocycles. The van der Waals surface area contributed by atoms with Gasteiger partial charge in [0.15, 0.2) is 0 Å². The first kappa shape index (κ1) is 14.5. The van der Waals surface area contributed by atoms with Crippen molar-refractivity contribution in [1.82, 2.24) is 5.32 Å². The molecule has 0 saturated carbocycles. The van der Waals surface area contributed by atoms with E-state index in [1.54, 1.807) is 0 Å². The van der Waals surface area contributed by atoms with Crippen molar-refractivity contribution in [3.05, 3.63) is 28.2 Å². The molecule has 1 aliphatic heterocycles. The Hall–Kier alpha value is -0.580. The summed E-state index contributed by atoms with van der Waals surface area (Å²) in [5, 5.41) is 6.14. The van der Waals surface area contributed by atoms with Gasteiger partial charge >= 0.3 is 0 Å². The van der Waals surface area contributed by atoms with E-state index in [9.17, 15) is 4.79 Å². The summed E-state index contributed by atoms with van der Waals surface area (Å²) in [6.07, 6.45) is 2.01. The van der Waals surface area contributed by atoms with Crippen LogP contribution in [0.2, 0.25) is 0 Å². The van der Waals surface area contributed by atoms with E-state index in [1.165, 1.54) is 0 Å². The highest BCUT2D eigenvalue weighted by Gasteiger charge is 2.22. The maximum Gasteiger partial charge on any atom is 0.241 e. The van der Waals surface area contributed by atoms with E-state index in [-0.39, 0.29) is 24.4 Å². The van der Waals surface area contributed by atoms with Crippen LogP contribution in [-0.4, -0.2) is 18.5 Å². The number of carbonyl (C=O) groups is 1. The summed E-state index contributed by atoms with van der Waals surface area (Å²) >= 11 is 3.40. The van der Waals surface area contributed by atoms with Crippen molar-refractivity contribution < 1.29 is 4.79 Å². The Balaban J connectivity index is 0.00000144. The van der Waals surface area contributed by atoms with E-state index in [0.29, 0.717) is 0 Å². The number of aryl methyl sites for hydroxylation is 1. The van der Waals surface area contributed by atoms with Gasteiger partial charge in [0, 0.05) is 10.2 Å². The van der Waals surface area contributed by atoms with Crippen LogP contribution < -0.4 is 10.6 Å². The van der Waals surface area contributed by atoms with Gasteiger partial charge < -0.3 is 10.6 Å². The number of halogens is 2. The molecule has 3 nitrogen and oxygen atoms in total. The Labute approximate surface area is 116 Å². The molecule has 0 aromatic heterocycles. The quantitative estimate of drug-likeness (QED) is 0.880. The average Bonchev–Trinajstić information content (AvgIpc) is 2.75. The maximum atomic E-state index is 11.9. The highest BCUT2D eigenvalue weighted by atomic mass is 79.9. The monoisotopic (exact) mass is 318 g/mol. The van der Waals surface area contributed by atoms with Crippen molar-refractivity contribution in [2.45, 2.75) is 25.8 Å². The molecule has 5 heteroatoms. The van der Waals surface area contributed by atoms with Crippen LogP contribution in [0.4, 0.5) is 5.69 Å². The number of anilines is 1. The van der Waals surface area contributed by atoms with Gasteiger partial charge in [-0.25, -0.2) is 0 Å². The summed E-state index contributed by atoms with van der Waals surface area (Å²) in [6.45, 7) is 2.93. The molecule has 1 aromatic carbocycles. The Morgan fingerprint density at radius 3 is 2.88 bits per heavy atom. The zero-order chi connectivity index (χ0) is 11.5.